The van der Waals surface area contributed by atoms with Crippen molar-refractivity contribution in [2.75, 3.05) is 45.1 Å². The first-order chi connectivity index (χ1) is 13.9. The average Bonchev–Trinajstić information content (AvgIpc) is 2.70. The largest absolute Gasteiger partial charge is 0.343 e. The van der Waals surface area contributed by atoms with Gasteiger partial charge in [-0.3, -0.25) is 4.79 Å². The van der Waals surface area contributed by atoms with E-state index in [4.69, 9.17) is 12.2 Å². The lowest BCUT2D eigenvalue weighted by Gasteiger charge is -2.33. The molecular weight excluding hydrogens is 387 g/mol. The molecule has 2 aromatic rings. The predicted octanol–water partition coefficient (Wildman–Crippen LogP) is 1.69. The Labute approximate surface area is 177 Å². The third-order valence-electron chi connectivity index (χ3n) is 5.17. The van der Waals surface area contributed by atoms with Gasteiger partial charge in [0.2, 0.25) is 5.91 Å². The van der Waals surface area contributed by atoms with Crippen LogP contribution in [0.15, 0.2) is 48.5 Å². The summed E-state index contributed by atoms with van der Waals surface area (Å²) in [4.78, 5) is 17.8. The van der Waals surface area contributed by atoms with Gasteiger partial charge in [-0.2, -0.15) is 0 Å². The Kier molecular flexibility index (Phi) is 7.17. The second kappa shape index (κ2) is 9.80. The van der Waals surface area contributed by atoms with E-state index in [2.05, 4.69) is 36.5 Å². The highest BCUT2D eigenvalue weighted by Gasteiger charge is 2.24. The number of piperazine rings is 1. The minimum absolute atomic E-state index is 0.0744. The summed E-state index contributed by atoms with van der Waals surface area (Å²) in [5.74, 6) is -0.223. The van der Waals surface area contributed by atoms with Gasteiger partial charge in [-0.05, 0) is 43.4 Å². The van der Waals surface area contributed by atoms with Crippen molar-refractivity contribution in [2.45, 2.75) is 13.5 Å². The predicted molar refractivity (Wildman–Crippen MR) is 117 cm³/mol. The molecule has 1 fully saturated rings. The van der Waals surface area contributed by atoms with E-state index < -0.39 is 0 Å². The first-order valence-corrected chi connectivity index (χ1v) is 10.3. The first-order valence-electron chi connectivity index (χ1n) is 9.85. The number of nitrogens with one attached hydrogen (secondary N) is 2. The number of amides is 1. The molecule has 1 aliphatic heterocycles. The number of carbonyl (C=O) groups is 1. The third kappa shape index (κ3) is 6.24. The molecule has 2 aromatic carbocycles. The van der Waals surface area contributed by atoms with E-state index in [9.17, 15) is 9.18 Å². The average molecular weight is 416 g/mol. The highest BCUT2D eigenvalue weighted by molar-refractivity contribution is 7.80. The Balaban J connectivity index is 1.44. The summed E-state index contributed by atoms with van der Waals surface area (Å²) < 4.78 is 13.0. The van der Waals surface area contributed by atoms with Crippen molar-refractivity contribution >= 4 is 28.9 Å². The Morgan fingerprint density at radius 1 is 1.21 bits per heavy atom. The fraction of sp³-hybridized carbons (Fsp3) is 0.364. The Bertz CT molecular complexity index is 850. The summed E-state index contributed by atoms with van der Waals surface area (Å²) in [5, 5.41) is 3.47. The molecule has 1 amide bonds. The molecular formula is C22H28FN4OS+. The standard InChI is InChI=1S/C22H27FN4OS/c1-17-4-3-5-18(14-17)15-26-10-12-27(13-11-26)21(28)16-25(2)22(29)24-20-8-6-19(23)7-9-20/h3-9,14H,10-13,15-16H2,1-2H3,(H,24,29)/p+1. The van der Waals surface area contributed by atoms with Crippen molar-refractivity contribution in [3.05, 3.63) is 65.5 Å². The van der Waals surface area contributed by atoms with Crippen LogP contribution in [0.4, 0.5) is 10.1 Å². The van der Waals surface area contributed by atoms with Crippen LogP contribution < -0.4 is 10.2 Å². The highest BCUT2D eigenvalue weighted by Crippen LogP contribution is 2.09. The van der Waals surface area contributed by atoms with Gasteiger partial charge >= 0.3 is 0 Å². The Hall–Kier alpha value is -2.51. The maximum absolute atomic E-state index is 13.0. The van der Waals surface area contributed by atoms with E-state index in [1.807, 2.05) is 4.90 Å². The van der Waals surface area contributed by atoms with Crippen molar-refractivity contribution in [2.24, 2.45) is 0 Å². The zero-order chi connectivity index (χ0) is 20.8. The maximum Gasteiger partial charge on any atom is 0.242 e. The molecule has 0 spiro atoms. The number of halogens is 1. The van der Waals surface area contributed by atoms with Gasteiger partial charge in [0.05, 0.1) is 32.7 Å². The van der Waals surface area contributed by atoms with E-state index >= 15 is 0 Å². The summed E-state index contributed by atoms with van der Waals surface area (Å²) in [5.41, 5.74) is 3.32. The molecule has 2 N–H and O–H groups in total. The van der Waals surface area contributed by atoms with Gasteiger partial charge in [-0.1, -0.05) is 29.8 Å². The van der Waals surface area contributed by atoms with Gasteiger partial charge in [-0.25, -0.2) is 4.39 Å². The summed E-state index contributed by atoms with van der Waals surface area (Å²) in [6, 6.07) is 14.6. The van der Waals surface area contributed by atoms with E-state index in [1.165, 1.54) is 28.2 Å². The molecule has 0 aliphatic carbocycles. The van der Waals surface area contributed by atoms with E-state index in [0.717, 1.165) is 32.7 Å². The Morgan fingerprint density at radius 3 is 2.55 bits per heavy atom. The number of rotatable bonds is 5. The van der Waals surface area contributed by atoms with Crippen LogP contribution in [0, 0.1) is 12.7 Å². The quantitative estimate of drug-likeness (QED) is 0.730. The molecule has 3 rings (SSSR count). The zero-order valence-corrected chi connectivity index (χ0v) is 17.8. The van der Waals surface area contributed by atoms with Gasteiger partial charge in [0.25, 0.3) is 0 Å². The topological polar surface area (TPSA) is 40.0 Å². The molecule has 5 nitrogen and oxygen atoms in total. The molecule has 1 aliphatic rings. The zero-order valence-electron chi connectivity index (χ0n) is 17.0. The number of anilines is 1. The van der Waals surface area contributed by atoms with Gasteiger partial charge in [-0.15, -0.1) is 0 Å². The second-order valence-electron chi connectivity index (χ2n) is 7.59. The number of hydrogen-bond acceptors (Lipinski definition) is 2. The molecule has 1 heterocycles. The van der Waals surface area contributed by atoms with Crippen LogP contribution in [0.2, 0.25) is 0 Å². The minimum Gasteiger partial charge on any atom is -0.343 e. The Morgan fingerprint density at radius 2 is 1.90 bits per heavy atom. The summed E-state index contributed by atoms with van der Waals surface area (Å²) in [7, 11) is 1.79. The lowest BCUT2D eigenvalue weighted by molar-refractivity contribution is -0.917. The van der Waals surface area contributed by atoms with E-state index in [-0.39, 0.29) is 18.3 Å². The van der Waals surface area contributed by atoms with Crippen LogP contribution in [0.5, 0.6) is 0 Å². The van der Waals surface area contributed by atoms with Crippen LogP contribution >= 0.6 is 12.2 Å². The number of nitrogens with zero attached hydrogens (tertiary/aromatic N) is 2. The molecule has 154 valence electrons. The molecule has 29 heavy (non-hydrogen) atoms. The van der Waals surface area contributed by atoms with Gasteiger partial charge in [0.1, 0.15) is 12.4 Å². The van der Waals surface area contributed by atoms with Crippen molar-refractivity contribution in [1.29, 1.82) is 0 Å². The van der Waals surface area contributed by atoms with E-state index in [1.54, 1.807) is 24.1 Å². The highest BCUT2D eigenvalue weighted by atomic mass is 32.1. The third-order valence-corrected chi connectivity index (χ3v) is 5.59. The number of likely N-dealkylation sites (N-methyl/N-ethyl adjacent to an activating group) is 1. The van der Waals surface area contributed by atoms with Gasteiger partial charge in [0, 0.05) is 18.3 Å². The molecule has 0 atom stereocenters. The van der Waals surface area contributed by atoms with Gasteiger partial charge in [0.15, 0.2) is 5.11 Å². The lowest BCUT2D eigenvalue weighted by atomic mass is 10.1. The molecule has 0 radical (unpaired) electrons. The fourth-order valence-corrected chi connectivity index (χ4v) is 3.67. The summed E-state index contributed by atoms with van der Waals surface area (Å²) in [6.45, 7) is 6.73. The van der Waals surface area contributed by atoms with E-state index in [0.29, 0.717) is 10.8 Å². The van der Waals surface area contributed by atoms with Crippen molar-refractivity contribution in [3.63, 3.8) is 0 Å². The number of hydrogen-bond donors (Lipinski definition) is 2. The molecule has 0 aromatic heterocycles. The fourth-order valence-electron chi connectivity index (χ4n) is 3.49. The van der Waals surface area contributed by atoms with Crippen molar-refractivity contribution in [1.82, 2.24) is 9.80 Å². The molecule has 0 bridgehead atoms. The van der Waals surface area contributed by atoms with Crippen molar-refractivity contribution in [3.8, 4) is 0 Å². The monoisotopic (exact) mass is 415 g/mol. The van der Waals surface area contributed by atoms with Gasteiger partial charge < -0.3 is 20.0 Å². The van der Waals surface area contributed by atoms with Crippen LogP contribution in [-0.2, 0) is 11.3 Å². The number of quaternary nitrogens is 1. The second-order valence-corrected chi connectivity index (χ2v) is 7.98. The SMILES string of the molecule is Cc1cccc(C[NH+]2CCN(C(=O)CN(C)C(=S)Nc3ccc(F)cc3)CC2)c1. The number of benzene rings is 2. The number of thiocarbonyl (C=S) groups is 1. The lowest BCUT2D eigenvalue weighted by Crippen LogP contribution is -3.13. The summed E-state index contributed by atoms with van der Waals surface area (Å²) in [6.07, 6.45) is 0. The minimum atomic E-state index is -0.298. The van der Waals surface area contributed by atoms with Crippen LogP contribution in [0.25, 0.3) is 0 Å². The van der Waals surface area contributed by atoms with Crippen LogP contribution in [0.1, 0.15) is 11.1 Å². The maximum atomic E-state index is 13.0. The normalized spacial score (nSPS) is 14.5. The molecule has 0 saturated carbocycles. The number of carbonyl (C=O) groups excluding carboxylic acids is 1. The number of aryl methyl sites for hydroxylation is 1. The smallest absolute Gasteiger partial charge is 0.242 e. The van der Waals surface area contributed by atoms with Crippen LogP contribution in [-0.4, -0.2) is 60.6 Å². The molecule has 0 unspecified atom stereocenters. The molecule has 1 saturated heterocycles. The summed E-state index contributed by atoms with van der Waals surface area (Å²) >= 11 is 5.36. The van der Waals surface area contributed by atoms with Crippen molar-refractivity contribution < 1.29 is 14.1 Å². The van der Waals surface area contributed by atoms with Crippen LogP contribution in [0.3, 0.4) is 0 Å². The first kappa shape index (κ1) is 21.2. The molecule has 7 heteroatoms.